The van der Waals surface area contributed by atoms with Crippen molar-refractivity contribution in [3.63, 3.8) is 0 Å². The van der Waals surface area contributed by atoms with Crippen LogP contribution in [-0.4, -0.2) is 32.0 Å². The van der Waals surface area contributed by atoms with Gasteiger partial charge in [-0.25, -0.2) is 9.18 Å². The van der Waals surface area contributed by atoms with Crippen molar-refractivity contribution in [1.29, 1.82) is 5.26 Å². The molecule has 0 saturated carbocycles. The molecule has 28 heavy (non-hydrogen) atoms. The predicted octanol–water partition coefficient (Wildman–Crippen LogP) is 3.29. The zero-order valence-corrected chi connectivity index (χ0v) is 15.7. The van der Waals surface area contributed by atoms with Crippen molar-refractivity contribution in [2.45, 2.75) is 4.90 Å². The Bertz CT molecular complexity index is 1000. The summed E-state index contributed by atoms with van der Waals surface area (Å²) in [7, 11) is 1.76. The molecule has 8 heteroatoms. The van der Waals surface area contributed by atoms with Crippen molar-refractivity contribution < 1.29 is 23.5 Å². The molecule has 142 valence electrons. The Hall–Kier alpha value is -3.31. The number of hydrogen-bond donors (Lipinski definition) is 0. The molecule has 0 amide bonds. The minimum absolute atomic E-state index is 0.0904. The Balaban J connectivity index is 1.60. The number of para-hydroxylation sites is 2. The number of fused-ring (bicyclic) bond motifs is 1. The molecule has 0 aromatic heterocycles. The Morgan fingerprint density at radius 2 is 1.86 bits per heavy atom. The topological polar surface area (TPSA) is 79.6 Å². The van der Waals surface area contributed by atoms with Gasteiger partial charge in [0, 0.05) is 11.9 Å². The summed E-state index contributed by atoms with van der Waals surface area (Å²) in [5.41, 5.74) is 0.796. The fourth-order valence-electron chi connectivity index (χ4n) is 2.51. The number of nitriles is 1. The number of Topliss-reactive ketones (excluding diaryl/α,β-unsaturated/α-hetero) is 1. The molecule has 0 spiro atoms. The van der Waals surface area contributed by atoms with E-state index in [9.17, 15) is 19.2 Å². The van der Waals surface area contributed by atoms with Crippen LogP contribution in [-0.2, 0) is 14.3 Å². The van der Waals surface area contributed by atoms with Gasteiger partial charge in [-0.15, -0.1) is 0 Å². The van der Waals surface area contributed by atoms with Gasteiger partial charge in [-0.2, -0.15) is 5.26 Å². The number of nitrogens with zero attached hydrogens (tertiary/aromatic N) is 2. The highest BCUT2D eigenvalue weighted by Gasteiger charge is 2.28. The maximum Gasteiger partial charge on any atom is 0.344 e. The average molecular weight is 398 g/mol. The van der Waals surface area contributed by atoms with E-state index in [0.717, 1.165) is 10.6 Å². The fourth-order valence-corrected chi connectivity index (χ4v) is 3.67. The smallest absolute Gasteiger partial charge is 0.344 e. The largest absolute Gasteiger partial charge is 0.479 e. The molecule has 2 aromatic rings. The molecule has 1 aliphatic rings. The molecule has 0 bridgehead atoms. The fraction of sp³-hybridized carbons (Fsp3) is 0.150. The lowest BCUT2D eigenvalue weighted by molar-refractivity contribution is -0.149. The lowest BCUT2D eigenvalue weighted by Gasteiger charge is -2.14. The van der Waals surface area contributed by atoms with Crippen molar-refractivity contribution in [3.8, 4) is 11.8 Å². The molecule has 0 saturated heterocycles. The summed E-state index contributed by atoms with van der Waals surface area (Å²) in [6, 6.07) is 15.0. The van der Waals surface area contributed by atoms with Crippen LogP contribution < -0.4 is 9.64 Å². The molecule has 0 unspecified atom stereocenters. The summed E-state index contributed by atoms with van der Waals surface area (Å²) in [6.45, 7) is -1.15. The second kappa shape index (κ2) is 8.59. The Kier molecular flexibility index (Phi) is 5.96. The van der Waals surface area contributed by atoms with Gasteiger partial charge in [-0.3, -0.25) is 4.79 Å². The number of thioether (sulfide) groups is 1. The maximum atomic E-state index is 13.4. The van der Waals surface area contributed by atoms with Crippen LogP contribution in [0.1, 0.15) is 0 Å². The first-order chi connectivity index (χ1) is 13.5. The van der Waals surface area contributed by atoms with E-state index in [4.69, 9.17) is 9.47 Å². The standard InChI is InChI=1S/C20H15FN2O4S/c1-23-15-7-3-5-9-18(15)28-20(23)13(10-22)16(24)11-27-19(25)12-26-17-8-4-2-6-14(17)21/h2-9H,11-12H2,1H3/b20-13-. The molecule has 0 radical (unpaired) electrons. The number of anilines is 1. The van der Waals surface area contributed by atoms with E-state index in [1.54, 1.807) is 18.0 Å². The van der Waals surface area contributed by atoms with Crippen molar-refractivity contribution in [2.24, 2.45) is 0 Å². The van der Waals surface area contributed by atoms with Crippen LogP contribution in [0.3, 0.4) is 0 Å². The van der Waals surface area contributed by atoms with Crippen LogP contribution in [0.5, 0.6) is 5.75 Å². The summed E-state index contributed by atoms with van der Waals surface area (Å²) in [5, 5.41) is 9.90. The quantitative estimate of drug-likeness (QED) is 0.420. The molecule has 1 aliphatic heterocycles. The third kappa shape index (κ3) is 4.15. The first kappa shape index (κ1) is 19.5. The van der Waals surface area contributed by atoms with Gasteiger partial charge in [0.25, 0.3) is 0 Å². The summed E-state index contributed by atoms with van der Waals surface area (Å²) in [5.74, 6) is -2.16. The predicted molar refractivity (Wildman–Crippen MR) is 101 cm³/mol. The Morgan fingerprint density at radius 3 is 2.57 bits per heavy atom. The van der Waals surface area contributed by atoms with Gasteiger partial charge >= 0.3 is 5.97 Å². The third-order valence-corrected chi connectivity index (χ3v) is 5.13. The Labute approximate surface area is 165 Å². The summed E-state index contributed by atoms with van der Waals surface area (Å²) in [4.78, 5) is 26.8. The lowest BCUT2D eigenvalue weighted by atomic mass is 10.2. The number of benzene rings is 2. The first-order valence-corrected chi connectivity index (χ1v) is 9.04. The van der Waals surface area contributed by atoms with E-state index < -0.39 is 30.8 Å². The van der Waals surface area contributed by atoms with Crippen LogP contribution in [0.4, 0.5) is 10.1 Å². The molecule has 0 aliphatic carbocycles. The monoisotopic (exact) mass is 398 g/mol. The second-order valence-electron chi connectivity index (χ2n) is 5.72. The zero-order chi connectivity index (χ0) is 20.1. The van der Waals surface area contributed by atoms with Crippen molar-refractivity contribution in [2.75, 3.05) is 25.2 Å². The molecule has 2 aromatic carbocycles. The number of esters is 1. The lowest BCUT2D eigenvalue weighted by Crippen LogP contribution is -2.22. The van der Waals surface area contributed by atoms with Crippen molar-refractivity contribution in [1.82, 2.24) is 0 Å². The molecular formula is C20H15FN2O4S. The number of carbonyl (C=O) groups is 2. The average Bonchev–Trinajstić information content (AvgIpc) is 3.03. The Morgan fingerprint density at radius 1 is 1.14 bits per heavy atom. The van der Waals surface area contributed by atoms with E-state index in [1.165, 1.54) is 30.0 Å². The van der Waals surface area contributed by atoms with Crippen LogP contribution in [0, 0.1) is 17.1 Å². The molecule has 0 atom stereocenters. The van der Waals surface area contributed by atoms with Crippen LogP contribution in [0.15, 0.2) is 64.0 Å². The molecule has 6 nitrogen and oxygen atoms in total. The van der Waals surface area contributed by atoms with Gasteiger partial charge < -0.3 is 14.4 Å². The van der Waals surface area contributed by atoms with Crippen molar-refractivity contribution >= 4 is 29.2 Å². The van der Waals surface area contributed by atoms with E-state index in [-0.39, 0.29) is 11.3 Å². The minimum Gasteiger partial charge on any atom is -0.479 e. The molecular weight excluding hydrogens is 383 g/mol. The van der Waals surface area contributed by atoms with Crippen molar-refractivity contribution in [3.05, 3.63) is 65.0 Å². The van der Waals surface area contributed by atoms with Gasteiger partial charge in [0.05, 0.1) is 5.69 Å². The maximum absolute atomic E-state index is 13.4. The summed E-state index contributed by atoms with van der Waals surface area (Å²) < 4.78 is 23.3. The highest BCUT2D eigenvalue weighted by atomic mass is 32.2. The highest BCUT2D eigenvalue weighted by Crippen LogP contribution is 2.46. The van der Waals surface area contributed by atoms with Gasteiger partial charge in [-0.1, -0.05) is 36.0 Å². The van der Waals surface area contributed by atoms with Crippen LogP contribution >= 0.6 is 11.8 Å². The van der Waals surface area contributed by atoms with E-state index in [1.807, 2.05) is 30.3 Å². The normalized spacial score (nSPS) is 14.1. The second-order valence-corrected chi connectivity index (χ2v) is 6.75. The highest BCUT2D eigenvalue weighted by molar-refractivity contribution is 8.03. The molecule has 0 N–H and O–H groups in total. The van der Waals surface area contributed by atoms with E-state index >= 15 is 0 Å². The SMILES string of the molecule is CN1/C(=C(\C#N)C(=O)COC(=O)COc2ccccc2F)Sc2ccccc21. The summed E-state index contributed by atoms with van der Waals surface area (Å²) in [6.07, 6.45) is 0. The van der Waals surface area contributed by atoms with Gasteiger partial charge in [0.2, 0.25) is 5.78 Å². The van der Waals surface area contributed by atoms with E-state index in [0.29, 0.717) is 5.03 Å². The molecule has 3 rings (SSSR count). The number of carbonyl (C=O) groups excluding carboxylic acids is 2. The number of rotatable bonds is 6. The van der Waals surface area contributed by atoms with Gasteiger partial charge in [0.15, 0.2) is 24.8 Å². The van der Waals surface area contributed by atoms with Crippen LogP contribution in [0.2, 0.25) is 0 Å². The van der Waals surface area contributed by atoms with E-state index in [2.05, 4.69) is 0 Å². The molecule has 1 heterocycles. The third-order valence-electron chi connectivity index (χ3n) is 3.89. The van der Waals surface area contributed by atoms with Crippen LogP contribution in [0.25, 0.3) is 0 Å². The number of hydrogen-bond acceptors (Lipinski definition) is 7. The van der Waals surface area contributed by atoms with Gasteiger partial charge in [0.1, 0.15) is 16.7 Å². The summed E-state index contributed by atoms with van der Waals surface area (Å²) >= 11 is 1.30. The zero-order valence-electron chi connectivity index (χ0n) is 14.8. The molecule has 0 fully saturated rings. The van der Waals surface area contributed by atoms with Gasteiger partial charge in [-0.05, 0) is 24.3 Å². The number of halogens is 1. The first-order valence-electron chi connectivity index (χ1n) is 8.22. The number of ketones is 1. The minimum atomic E-state index is -0.838. The number of ether oxygens (including phenoxy) is 2.